The predicted molar refractivity (Wildman–Crippen MR) is 227 cm³/mol. The largest absolute Gasteiger partial charge is 0.395 e. The third kappa shape index (κ3) is 8.97. The van der Waals surface area contributed by atoms with Crippen molar-refractivity contribution in [2.45, 2.75) is 200 Å². The fourth-order valence-corrected chi connectivity index (χ4v) is 13.4. The van der Waals surface area contributed by atoms with Crippen LogP contribution in [0, 0.1) is 29.1 Å². The molecule has 61 heavy (non-hydrogen) atoms. The van der Waals surface area contributed by atoms with Crippen molar-refractivity contribution >= 4 is 24.3 Å². The number of fused-ring (bicyclic) bond motifs is 7. The Morgan fingerprint density at radius 2 is 1.64 bits per heavy atom. The van der Waals surface area contributed by atoms with Gasteiger partial charge in [0, 0.05) is 82.3 Å². The number of aliphatic hydroxyl groups excluding tert-OH is 1. The Morgan fingerprint density at radius 3 is 2.39 bits per heavy atom. The van der Waals surface area contributed by atoms with Gasteiger partial charge in [-0.25, -0.2) is 0 Å². The van der Waals surface area contributed by atoms with Crippen LogP contribution in [0.5, 0.6) is 0 Å². The molecule has 8 aliphatic heterocycles. The van der Waals surface area contributed by atoms with Gasteiger partial charge < -0.3 is 53.4 Å². The Bertz CT molecular complexity index is 1640. The van der Waals surface area contributed by atoms with Crippen LogP contribution in [0.4, 0.5) is 0 Å². The first-order valence-electron chi connectivity index (χ1n) is 23.5. The summed E-state index contributed by atoms with van der Waals surface area (Å²) in [6.45, 7) is 11.2. The van der Waals surface area contributed by atoms with Crippen LogP contribution >= 0.6 is 12.6 Å². The lowest BCUT2D eigenvalue weighted by atomic mass is 9.55. The second-order valence-electron chi connectivity index (χ2n) is 20.4. The molecule has 10 rings (SSSR count). The lowest BCUT2D eigenvalue weighted by Crippen LogP contribution is -2.72. The van der Waals surface area contributed by atoms with Crippen molar-refractivity contribution in [3.05, 3.63) is 24.3 Å². The molecule has 13 nitrogen and oxygen atoms in total. The van der Waals surface area contributed by atoms with Gasteiger partial charge in [0.25, 0.3) is 0 Å². The summed E-state index contributed by atoms with van der Waals surface area (Å²) in [5.74, 6) is -1.14. The van der Waals surface area contributed by atoms with E-state index in [1.165, 1.54) is 0 Å². The standard InChI is InChI=1S/C47H71NO12S/c1-24-6-7-28-8-10-33-25(2)16-30(56-33)12-13-47(52)21-38(61)39-26(3)40-43(39)59-34-11-9-29(57-42(34)44(40)60-47)17-27(50)18-32-36(20-35(24)55-28)58-37(41(32)54-5)19-31(53-4)22-48-45(51)46(23-49)14-15-46/h26,28-44,49,52,61H,1-2,6-23H2,3-5H3,(H,48,51)/t26?,28-,29-,30+,31+,32+,33+,34+,35-,36+,37-,38-,39+,40-,41-,42+,43?,44-,47+/m1/s1. The van der Waals surface area contributed by atoms with Gasteiger partial charge in [-0.3, -0.25) is 9.59 Å². The van der Waals surface area contributed by atoms with E-state index in [-0.39, 0.29) is 122 Å². The summed E-state index contributed by atoms with van der Waals surface area (Å²) in [7, 11) is 3.29. The summed E-state index contributed by atoms with van der Waals surface area (Å²) in [5, 5.41) is 25.0. The summed E-state index contributed by atoms with van der Waals surface area (Å²) < 4.78 is 53.0. The first-order valence-corrected chi connectivity index (χ1v) is 24.0. The van der Waals surface area contributed by atoms with Gasteiger partial charge in [-0.15, -0.1) is 0 Å². The van der Waals surface area contributed by atoms with E-state index >= 15 is 0 Å². The molecule has 1 amide bonds. The number of hydrogen-bond donors (Lipinski definition) is 4. The van der Waals surface area contributed by atoms with Crippen LogP contribution in [0.1, 0.15) is 110 Å². The number of carbonyl (C=O) groups is 2. The number of aliphatic hydroxyl groups is 2. The molecule has 2 aliphatic carbocycles. The van der Waals surface area contributed by atoms with E-state index in [0.717, 1.165) is 49.7 Å². The number of Topliss-reactive ketones (excluding diaryl/α,β-unsaturated/α-hetero) is 1. The molecular formula is C47H71NO12S. The van der Waals surface area contributed by atoms with E-state index in [9.17, 15) is 19.8 Å². The van der Waals surface area contributed by atoms with Gasteiger partial charge in [0.15, 0.2) is 5.79 Å². The number of nitrogens with one attached hydrogen (secondary N) is 1. The minimum absolute atomic E-state index is 0.0121. The van der Waals surface area contributed by atoms with Gasteiger partial charge in [-0.1, -0.05) is 20.1 Å². The van der Waals surface area contributed by atoms with Crippen molar-refractivity contribution in [2.24, 2.45) is 29.1 Å². The molecule has 0 aromatic heterocycles. The van der Waals surface area contributed by atoms with Crippen molar-refractivity contribution in [2.75, 3.05) is 27.4 Å². The van der Waals surface area contributed by atoms with Crippen LogP contribution in [0.25, 0.3) is 0 Å². The Hall–Kier alpha value is -1.43. The third-order valence-electron chi connectivity index (χ3n) is 16.5. The van der Waals surface area contributed by atoms with Gasteiger partial charge in [0.1, 0.15) is 11.9 Å². The number of rotatable bonds is 8. The number of ether oxygens (including phenoxy) is 8. The zero-order valence-electron chi connectivity index (χ0n) is 36.5. The van der Waals surface area contributed by atoms with Crippen molar-refractivity contribution in [3.63, 3.8) is 0 Å². The molecular weight excluding hydrogens is 803 g/mol. The van der Waals surface area contributed by atoms with Crippen LogP contribution in [-0.2, 0) is 47.5 Å². The average Bonchev–Trinajstić information content (AvgIpc) is 3.86. The molecule has 2 unspecified atom stereocenters. The molecule has 342 valence electrons. The van der Waals surface area contributed by atoms with Gasteiger partial charge in [0.05, 0.1) is 85.3 Å². The van der Waals surface area contributed by atoms with Crippen molar-refractivity contribution < 1.29 is 57.7 Å². The van der Waals surface area contributed by atoms with E-state index in [1.807, 2.05) is 0 Å². The summed E-state index contributed by atoms with van der Waals surface area (Å²) >= 11 is 5.07. The molecule has 0 aromatic rings. The normalized spacial score (nSPS) is 47.6. The van der Waals surface area contributed by atoms with Crippen LogP contribution in [0.15, 0.2) is 24.3 Å². The summed E-state index contributed by atoms with van der Waals surface area (Å²) in [6.07, 6.45) is 6.69. The lowest BCUT2D eigenvalue weighted by Gasteiger charge is -2.64. The number of carbonyl (C=O) groups excluding carboxylic acids is 2. The molecule has 0 aromatic carbocycles. The maximum absolute atomic E-state index is 14.4. The monoisotopic (exact) mass is 873 g/mol. The quantitative estimate of drug-likeness (QED) is 0.196. The van der Waals surface area contributed by atoms with Crippen molar-refractivity contribution in [1.82, 2.24) is 5.32 Å². The van der Waals surface area contributed by atoms with Crippen LogP contribution in [-0.4, -0.2) is 140 Å². The minimum atomic E-state index is -1.39. The second-order valence-corrected chi connectivity index (χ2v) is 21.1. The zero-order valence-corrected chi connectivity index (χ0v) is 37.4. The van der Waals surface area contributed by atoms with Gasteiger partial charge in [0.2, 0.25) is 5.91 Å². The number of amides is 1. The smallest absolute Gasteiger partial charge is 0.228 e. The second kappa shape index (κ2) is 18.1. The Kier molecular flexibility index (Phi) is 13.3. The first-order chi connectivity index (χ1) is 29.3. The molecule has 19 atom stereocenters. The minimum Gasteiger partial charge on any atom is -0.395 e. The molecule has 11 bridgehead atoms. The van der Waals surface area contributed by atoms with Crippen molar-refractivity contribution in [3.8, 4) is 0 Å². The molecule has 2 saturated carbocycles. The molecule has 0 spiro atoms. The zero-order chi connectivity index (χ0) is 42.8. The fraction of sp³-hybridized carbons (Fsp3) is 0.872. The average molecular weight is 874 g/mol. The maximum Gasteiger partial charge on any atom is 0.228 e. The highest BCUT2D eigenvalue weighted by Gasteiger charge is 2.65. The summed E-state index contributed by atoms with van der Waals surface area (Å²) in [4.78, 5) is 27.3. The Morgan fingerprint density at radius 1 is 0.869 bits per heavy atom. The predicted octanol–water partition coefficient (Wildman–Crippen LogP) is 4.78. The van der Waals surface area contributed by atoms with Crippen LogP contribution in [0.2, 0.25) is 0 Å². The molecule has 8 heterocycles. The maximum atomic E-state index is 14.4. The van der Waals surface area contributed by atoms with E-state index in [1.54, 1.807) is 14.2 Å². The van der Waals surface area contributed by atoms with E-state index in [2.05, 4.69) is 25.4 Å². The highest BCUT2D eigenvalue weighted by atomic mass is 32.1. The SMILES string of the molecule is C=C1C[C@@H]2CC[C@@]3(O)C[C@@H](S)[C@@H]4C(C)[C@@H]5C4O[C@H]4CC[C@H](CC(=O)C[C@@H]6[C@@H](OC)[C@@H](C[C@@H](CNC(=O)C7(CO)CC7)OC)O[C@H]6C[C@H]6O[C@H](CCC6=C)CC[C@@H]1O2)O[C@@H]4[C@@H]5O3. The molecule has 3 N–H and O–H groups in total. The van der Waals surface area contributed by atoms with Gasteiger partial charge in [-0.2, -0.15) is 12.6 Å². The topological polar surface area (TPSA) is 160 Å². The molecule has 0 radical (unpaired) electrons. The number of thiol groups is 1. The molecule has 10 fully saturated rings. The molecule has 14 heteroatoms. The summed E-state index contributed by atoms with van der Waals surface area (Å²) in [5.41, 5.74) is 1.44. The Balaban J connectivity index is 0.959. The van der Waals surface area contributed by atoms with E-state index in [0.29, 0.717) is 57.3 Å². The van der Waals surface area contributed by atoms with Gasteiger partial charge >= 0.3 is 0 Å². The van der Waals surface area contributed by atoms with Crippen LogP contribution < -0.4 is 5.32 Å². The van der Waals surface area contributed by atoms with E-state index < -0.39 is 29.5 Å². The summed E-state index contributed by atoms with van der Waals surface area (Å²) in [6, 6.07) is 0. The fourth-order valence-electron chi connectivity index (χ4n) is 12.7. The van der Waals surface area contributed by atoms with Crippen LogP contribution in [0.3, 0.4) is 0 Å². The highest BCUT2D eigenvalue weighted by Crippen LogP contribution is 2.58. The van der Waals surface area contributed by atoms with E-state index in [4.69, 9.17) is 50.5 Å². The van der Waals surface area contributed by atoms with Gasteiger partial charge in [-0.05, 0) is 81.3 Å². The third-order valence-corrected chi connectivity index (χ3v) is 17.1. The molecule has 8 saturated heterocycles. The number of ketones is 1. The number of hydrogen-bond acceptors (Lipinski definition) is 13. The van der Waals surface area contributed by atoms with Crippen molar-refractivity contribution in [1.29, 1.82) is 0 Å². The number of methoxy groups -OCH3 is 2. The Labute approximate surface area is 367 Å². The lowest BCUT2D eigenvalue weighted by molar-refractivity contribution is -0.368. The molecule has 10 aliphatic rings. The highest BCUT2D eigenvalue weighted by molar-refractivity contribution is 7.81. The first kappa shape index (κ1) is 44.8.